The zero-order valence-electron chi connectivity index (χ0n) is 9.25. The van der Waals surface area contributed by atoms with Crippen LogP contribution >= 0.6 is 0 Å². The number of terminal acetylenes is 1. The predicted molar refractivity (Wildman–Crippen MR) is 59.2 cm³/mol. The van der Waals surface area contributed by atoms with Gasteiger partial charge in [-0.15, -0.1) is 19.6 Å². The molecule has 0 aliphatic heterocycles. The van der Waals surface area contributed by atoms with Gasteiger partial charge >= 0.3 is 6.36 Å². The Morgan fingerprint density at radius 2 is 2.06 bits per heavy atom. The summed E-state index contributed by atoms with van der Waals surface area (Å²) < 4.78 is 40.1. The maximum absolute atomic E-state index is 12.1. The van der Waals surface area contributed by atoms with Gasteiger partial charge in [-0.2, -0.15) is 0 Å². The lowest BCUT2D eigenvalue weighted by molar-refractivity contribution is -0.274. The summed E-state index contributed by atoms with van der Waals surface area (Å²) in [6.45, 7) is 0.0104. The Bertz CT molecular complexity index is 463. The molecule has 1 rings (SSSR count). The zero-order chi connectivity index (χ0) is 13.6. The van der Waals surface area contributed by atoms with Crippen LogP contribution in [0.2, 0.25) is 0 Å². The normalized spacial score (nSPS) is 10.8. The number of halogens is 3. The van der Waals surface area contributed by atoms with E-state index >= 15 is 0 Å². The van der Waals surface area contributed by atoms with Crippen molar-refractivity contribution in [1.82, 2.24) is 5.32 Å². The number of nitrogens with one attached hydrogen (secondary N) is 1. The van der Waals surface area contributed by atoms with Gasteiger partial charge in [0.1, 0.15) is 5.75 Å². The summed E-state index contributed by atoms with van der Waals surface area (Å²) in [6, 6.07) is 5.16. The Labute approximate surface area is 102 Å². The minimum atomic E-state index is -4.83. The monoisotopic (exact) mass is 257 g/mol. The van der Waals surface area contributed by atoms with Gasteiger partial charge in [0, 0.05) is 0 Å². The van der Waals surface area contributed by atoms with Crippen LogP contribution < -0.4 is 10.1 Å². The van der Waals surface area contributed by atoms with Crippen molar-refractivity contribution in [2.24, 2.45) is 0 Å². The van der Waals surface area contributed by atoms with Crippen molar-refractivity contribution < 1.29 is 22.7 Å². The minimum absolute atomic E-state index is 0.139. The Kier molecular flexibility index (Phi) is 4.75. The van der Waals surface area contributed by atoms with Crippen LogP contribution in [0.1, 0.15) is 10.4 Å². The van der Waals surface area contributed by atoms with Crippen molar-refractivity contribution in [2.75, 3.05) is 13.1 Å². The molecule has 0 spiro atoms. The van der Waals surface area contributed by atoms with Crippen LogP contribution in [-0.4, -0.2) is 25.2 Å². The number of carbonyl (C=O) groups excluding carboxylic acids is 1. The van der Waals surface area contributed by atoms with E-state index in [4.69, 9.17) is 6.42 Å². The number of Topliss-reactive ketones (excluding diaryl/α,β-unsaturated/α-hetero) is 1. The van der Waals surface area contributed by atoms with E-state index < -0.39 is 17.9 Å². The summed E-state index contributed by atoms with van der Waals surface area (Å²) in [4.78, 5) is 11.6. The van der Waals surface area contributed by atoms with Gasteiger partial charge in [0.05, 0.1) is 18.7 Å². The fourth-order valence-electron chi connectivity index (χ4n) is 1.25. The SMILES string of the molecule is C#CCNCC(=O)c1ccccc1OC(F)(F)F. The zero-order valence-corrected chi connectivity index (χ0v) is 9.25. The predicted octanol–water partition coefficient (Wildman–Crippen LogP) is 1.99. The molecule has 0 saturated carbocycles. The Morgan fingerprint density at radius 1 is 1.39 bits per heavy atom. The first-order valence-corrected chi connectivity index (χ1v) is 4.96. The van der Waals surface area contributed by atoms with E-state index in [0.717, 1.165) is 6.07 Å². The number of alkyl halides is 3. The van der Waals surface area contributed by atoms with Crippen LogP contribution in [0.15, 0.2) is 24.3 Å². The van der Waals surface area contributed by atoms with Crippen molar-refractivity contribution in [3.63, 3.8) is 0 Å². The number of para-hydroxylation sites is 1. The average Bonchev–Trinajstić information content (AvgIpc) is 2.27. The maximum atomic E-state index is 12.1. The molecule has 0 aliphatic carbocycles. The molecule has 6 heteroatoms. The molecule has 18 heavy (non-hydrogen) atoms. The Hall–Kier alpha value is -2.00. The summed E-state index contributed by atoms with van der Waals surface area (Å²) in [5.41, 5.74) is -0.139. The fourth-order valence-corrected chi connectivity index (χ4v) is 1.25. The second kappa shape index (κ2) is 6.07. The summed E-state index contributed by atoms with van der Waals surface area (Å²) in [7, 11) is 0. The summed E-state index contributed by atoms with van der Waals surface area (Å²) in [5.74, 6) is 1.21. The molecule has 0 radical (unpaired) electrons. The van der Waals surface area contributed by atoms with Gasteiger partial charge in [-0.25, -0.2) is 0 Å². The highest BCUT2D eigenvalue weighted by Crippen LogP contribution is 2.26. The highest BCUT2D eigenvalue weighted by atomic mass is 19.4. The number of carbonyl (C=O) groups is 1. The third-order valence-corrected chi connectivity index (χ3v) is 1.93. The number of rotatable bonds is 5. The van der Waals surface area contributed by atoms with Gasteiger partial charge in [-0.1, -0.05) is 18.1 Å². The lowest BCUT2D eigenvalue weighted by Gasteiger charge is -2.12. The molecule has 3 nitrogen and oxygen atoms in total. The molecule has 0 bridgehead atoms. The van der Waals surface area contributed by atoms with Gasteiger partial charge in [-0.3, -0.25) is 10.1 Å². The van der Waals surface area contributed by atoms with Crippen LogP contribution in [-0.2, 0) is 0 Å². The van der Waals surface area contributed by atoms with Gasteiger partial charge in [0.15, 0.2) is 5.78 Å². The van der Waals surface area contributed by atoms with Gasteiger partial charge < -0.3 is 4.74 Å². The van der Waals surface area contributed by atoms with Crippen LogP contribution in [0.3, 0.4) is 0 Å². The molecule has 0 fully saturated rings. The van der Waals surface area contributed by atoms with E-state index in [1.807, 2.05) is 0 Å². The first-order chi connectivity index (χ1) is 8.44. The molecule has 0 aromatic heterocycles. The molecule has 0 unspecified atom stereocenters. The van der Waals surface area contributed by atoms with E-state index in [2.05, 4.69) is 16.0 Å². The van der Waals surface area contributed by atoms with Crippen LogP contribution in [0.25, 0.3) is 0 Å². The smallest absolute Gasteiger partial charge is 0.405 e. The van der Waals surface area contributed by atoms with E-state index in [1.165, 1.54) is 18.2 Å². The first kappa shape index (κ1) is 14.1. The Morgan fingerprint density at radius 3 is 2.67 bits per heavy atom. The molecule has 0 heterocycles. The number of hydrogen-bond acceptors (Lipinski definition) is 3. The number of ketones is 1. The molecule has 0 atom stereocenters. The van der Waals surface area contributed by atoms with E-state index in [0.29, 0.717) is 0 Å². The molecule has 0 amide bonds. The largest absolute Gasteiger partial charge is 0.573 e. The van der Waals surface area contributed by atoms with E-state index in [1.54, 1.807) is 0 Å². The highest BCUT2D eigenvalue weighted by molar-refractivity contribution is 6.00. The fraction of sp³-hybridized carbons (Fsp3) is 0.250. The summed E-state index contributed by atoms with van der Waals surface area (Å²) in [6.07, 6.45) is 0.139. The lowest BCUT2D eigenvalue weighted by Crippen LogP contribution is -2.25. The van der Waals surface area contributed by atoms with Crippen molar-refractivity contribution in [1.29, 1.82) is 0 Å². The first-order valence-electron chi connectivity index (χ1n) is 4.96. The van der Waals surface area contributed by atoms with E-state index in [-0.39, 0.29) is 18.7 Å². The molecule has 1 N–H and O–H groups in total. The second-order valence-corrected chi connectivity index (χ2v) is 3.27. The van der Waals surface area contributed by atoms with Gasteiger partial charge in [0.25, 0.3) is 0 Å². The number of hydrogen-bond donors (Lipinski definition) is 1. The van der Waals surface area contributed by atoms with Crippen LogP contribution in [0.4, 0.5) is 13.2 Å². The standard InChI is InChI=1S/C12H10F3NO2/c1-2-7-16-8-10(17)9-5-3-4-6-11(9)18-12(13,14)15/h1,3-6,16H,7-8H2. The molecule has 0 saturated heterocycles. The summed E-state index contributed by atoms with van der Waals surface area (Å²) in [5, 5.41) is 2.60. The second-order valence-electron chi connectivity index (χ2n) is 3.27. The lowest BCUT2D eigenvalue weighted by atomic mass is 10.1. The minimum Gasteiger partial charge on any atom is -0.405 e. The quantitative estimate of drug-likeness (QED) is 0.498. The molecule has 1 aromatic carbocycles. The number of ether oxygens (including phenoxy) is 1. The molecule has 96 valence electrons. The van der Waals surface area contributed by atoms with Crippen LogP contribution in [0, 0.1) is 12.3 Å². The molecular weight excluding hydrogens is 247 g/mol. The van der Waals surface area contributed by atoms with Gasteiger partial charge in [-0.05, 0) is 12.1 Å². The average molecular weight is 257 g/mol. The topological polar surface area (TPSA) is 38.3 Å². The maximum Gasteiger partial charge on any atom is 0.573 e. The summed E-state index contributed by atoms with van der Waals surface area (Å²) >= 11 is 0. The molecular formula is C12H10F3NO2. The van der Waals surface area contributed by atoms with Crippen molar-refractivity contribution in [3.8, 4) is 18.1 Å². The third kappa shape index (κ3) is 4.47. The highest BCUT2D eigenvalue weighted by Gasteiger charge is 2.32. The van der Waals surface area contributed by atoms with Gasteiger partial charge in [0.2, 0.25) is 0 Å². The number of benzene rings is 1. The van der Waals surface area contributed by atoms with Crippen molar-refractivity contribution >= 4 is 5.78 Å². The van der Waals surface area contributed by atoms with Crippen molar-refractivity contribution in [2.45, 2.75) is 6.36 Å². The third-order valence-electron chi connectivity index (χ3n) is 1.93. The van der Waals surface area contributed by atoms with Crippen molar-refractivity contribution in [3.05, 3.63) is 29.8 Å². The Balaban J connectivity index is 2.82. The molecule has 1 aromatic rings. The van der Waals surface area contributed by atoms with E-state index in [9.17, 15) is 18.0 Å². The van der Waals surface area contributed by atoms with Crippen LogP contribution in [0.5, 0.6) is 5.75 Å². The molecule has 0 aliphatic rings.